The molecule has 0 amide bonds. The Morgan fingerprint density at radius 2 is 1.71 bits per heavy atom. The van der Waals surface area contributed by atoms with Gasteiger partial charge in [0.25, 0.3) is 0 Å². The molecule has 152 valence electrons. The zero-order chi connectivity index (χ0) is 20.3. The van der Waals surface area contributed by atoms with E-state index in [0.29, 0.717) is 6.42 Å². The van der Waals surface area contributed by atoms with Crippen molar-refractivity contribution < 1.29 is 9.90 Å². The molecule has 2 aromatic rings. The second-order valence-electron chi connectivity index (χ2n) is 7.50. The van der Waals surface area contributed by atoms with Crippen LogP contribution in [-0.2, 0) is 4.79 Å². The van der Waals surface area contributed by atoms with Gasteiger partial charge in [0.15, 0.2) is 0 Å². The molecule has 1 aromatic carbocycles. The van der Waals surface area contributed by atoms with Crippen molar-refractivity contribution in [3.05, 3.63) is 41.1 Å². The maximum absolute atomic E-state index is 12.4. The topological polar surface area (TPSA) is 83.6 Å². The summed E-state index contributed by atoms with van der Waals surface area (Å²) in [4.78, 5) is 28.2. The lowest BCUT2D eigenvalue weighted by atomic mass is 10.1. The smallest absolute Gasteiger partial charge is 0.350 e. The van der Waals surface area contributed by atoms with Crippen LogP contribution in [0.1, 0.15) is 39.7 Å². The fourth-order valence-electron chi connectivity index (χ4n) is 3.70. The molecule has 1 atom stereocenters. The molecule has 0 spiro atoms. The fourth-order valence-corrected chi connectivity index (χ4v) is 3.70. The summed E-state index contributed by atoms with van der Waals surface area (Å²) in [5, 5.41) is 13.6. The van der Waals surface area contributed by atoms with Crippen LogP contribution in [0.4, 0.5) is 5.69 Å². The molecule has 0 radical (unpaired) electrons. The molecule has 1 fully saturated rings. The molecule has 1 saturated heterocycles. The highest BCUT2D eigenvalue weighted by atomic mass is 16.4. The van der Waals surface area contributed by atoms with Gasteiger partial charge in [-0.05, 0) is 44.5 Å². The van der Waals surface area contributed by atoms with E-state index >= 15 is 0 Å². The van der Waals surface area contributed by atoms with Crippen LogP contribution in [0.25, 0.3) is 5.69 Å². The van der Waals surface area contributed by atoms with E-state index in [1.807, 2.05) is 45.0 Å². The van der Waals surface area contributed by atoms with E-state index in [0.717, 1.165) is 44.0 Å². The zero-order valence-electron chi connectivity index (χ0n) is 16.8. The van der Waals surface area contributed by atoms with E-state index in [9.17, 15) is 14.7 Å². The summed E-state index contributed by atoms with van der Waals surface area (Å²) in [6.45, 7) is 8.92. The minimum absolute atomic E-state index is 0.0201. The third-order valence-corrected chi connectivity index (χ3v) is 5.28. The number of hydrogen-bond donors (Lipinski definition) is 1. The first kappa shape index (κ1) is 20.1. The van der Waals surface area contributed by atoms with Crippen molar-refractivity contribution >= 4 is 11.7 Å². The van der Waals surface area contributed by atoms with Gasteiger partial charge in [-0.2, -0.15) is 5.10 Å². The molecule has 3 rings (SSSR count). The van der Waals surface area contributed by atoms with E-state index in [2.05, 4.69) is 14.9 Å². The van der Waals surface area contributed by atoms with E-state index in [1.54, 1.807) is 10.9 Å². The Hall–Kier alpha value is -2.61. The molecule has 1 N–H and O–H groups in total. The third-order valence-electron chi connectivity index (χ3n) is 5.28. The number of rotatable bonds is 7. The van der Waals surface area contributed by atoms with Crippen LogP contribution in [0.2, 0.25) is 0 Å². The maximum atomic E-state index is 12.4. The Bertz CT molecular complexity index is 847. The number of nitrogens with zero attached hydrogens (tertiary/aromatic N) is 5. The number of benzene rings is 1. The van der Waals surface area contributed by atoms with Gasteiger partial charge in [0.05, 0.1) is 11.7 Å². The van der Waals surface area contributed by atoms with Gasteiger partial charge in [-0.3, -0.25) is 9.69 Å². The summed E-state index contributed by atoms with van der Waals surface area (Å²) in [5.41, 5.74) is 1.72. The second-order valence-corrected chi connectivity index (χ2v) is 7.50. The van der Waals surface area contributed by atoms with Gasteiger partial charge in [-0.1, -0.05) is 13.3 Å². The molecule has 8 heteroatoms. The molecule has 1 aliphatic rings. The molecule has 0 saturated carbocycles. The molecular formula is C20H29N5O3. The Kier molecular flexibility index (Phi) is 6.18. The second kappa shape index (κ2) is 8.60. The normalized spacial score (nSPS) is 16.5. The van der Waals surface area contributed by atoms with Crippen LogP contribution < -0.4 is 10.6 Å². The number of hydrogen-bond acceptors (Lipinski definition) is 5. The molecule has 1 aliphatic heterocycles. The van der Waals surface area contributed by atoms with Crippen LogP contribution in [0.5, 0.6) is 0 Å². The molecule has 8 nitrogen and oxygen atoms in total. The number of carboxylic acids is 1. The summed E-state index contributed by atoms with van der Waals surface area (Å²) in [7, 11) is 0. The van der Waals surface area contributed by atoms with E-state index < -0.39 is 5.97 Å². The fraction of sp³-hybridized carbons (Fsp3) is 0.550. The van der Waals surface area contributed by atoms with Crippen LogP contribution in [0, 0.1) is 0 Å². The zero-order valence-corrected chi connectivity index (χ0v) is 16.8. The lowest BCUT2D eigenvalue weighted by molar-refractivity contribution is -0.143. The maximum Gasteiger partial charge on any atom is 0.350 e. The van der Waals surface area contributed by atoms with Crippen molar-refractivity contribution in [1.82, 2.24) is 19.2 Å². The monoisotopic (exact) mass is 387 g/mol. The van der Waals surface area contributed by atoms with Gasteiger partial charge in [-0.25, -0.2) is 14.0 Å². The quantitative estimate of drug-likeness (QED) is 0.782. The summed E-state index contributed by atoms with van der Waals surface area (Å²) >= 11 is 0. The van der Waals surface area contributed by atoms with Gasteiger partial charge in [0, 0.05) is 31.9 Å². The summed E-state index contributed by atoms with van der Waals surface area (Å²) in [6, 6.07) is 7.49. The Morgan fingerprint density at radius 1 is 1.11 bits per heavy atom. The van der Waals surface area contributed by atoms with Crippen LogP contribution in [0.3, 0.4) is 0 Å². The molecule has 1 unspecified atom stereocenters. The van der Waals surface area contributed by atoms with Crippen molar-refractivity contribution in [2.45, 2.75) is 45.7 Å². The number of carbonyl (C=O) groups is 1. The van der Waals surface area contributed by atoms with Gasteiger partial charge in [0.1, 0.15) is 12.4 Å². The largest absolute Gasteiger partial charge is 0.480 e. The van der Waals surface area contributed by atoms with Crippen LogP contribution in [0.15, 0.2) is 35.4 Å². The van der Waals surface area contributed by atoms with E-state index in [1.165, 1.54) is 4.68 Å². The minimum Gasteiger partial charge on any atom is -0.480 e. The van der Waals surface area contributed by atoms with Gasteiger partial charge in [-0.15, -0.1) is 0 Å². The third kappa shape index (κ3) is 4.11. The average molecular weight is 387 g/mol. The lowest BCUT2D eigenvalue weighted by Crippen LogP contribution is -2.52. The van der Waals surface area contributed by atoms with Crippen LogP contribution in [-0.4, -0.2) is 62.5 Å². The first-order valence-electron chi connectivity index (χ1n) is 9.90. The van der Waals surface area contributed by atoms with E-state index in [4.69, 9.17) is 0 Å². The Labute approximate surface area is 165 Å². The van der Waals surface area contributed by atoms with Crippen molar-refractivity contribution in [2.75, 3.05) is 31.1 Å². The molecule has 2 heterocycles. The molecule has 0 aliphatic carbocycles. The van der Waals surface area contributed by atoms with Gasteiger partial charge < -0.3 is 10.0 Å². The Morgan fingerprint density at radius 3 is 2.21 bits per heavy atom. The highest BCUT2D eigenvalue weighted by molar-refractivity contribution is 5.73. The number of piperazine rings is 1. The number of anilines is 1. The number of carboxylic acid groups (broad SMARTS) is 1. The highest BCUT2D eigenvalue weighted by Crippen LogP contribution is 2.20. The number of aliphatic carboxylic acids is 1. The first-order valence-corrected chi connectivity index (χ1v) is 9.90. The van der Waals surface area contributed by atoms with Crippen molar-refractivity contribution in [2.24, 2.45) is 0 Å². The molecule has 0 bridgehead atoms. The standard InChI is InChI=1S/C20H29N5O3/c1-4-5-18(19(26)27)23-12-10-22(11-13-23)16-6-8-17(9-7-16)24-14-21-25(15(2)3)20(24)28/h6-9,14-15,18H,4-5,10-13H2,1-3H3,(H,26,27). The summed E-state index contributed by atoms with van der Waals surface area (Å²) < 4.78 is 3.01. The first-order chi connectivity index (χ1) is 13.4. The summed E-state index contributed by atoms with van der Waals surface area (Å²) in [5.74, 6) is -0.730. The van der Waals surface area contributed by atoms with E-state index in [-0.39, 0.29) is 17.8 Å². The molecular weight excluding hydrogens is 358 g/mol. The lowest BCUT2D eigenvalue weighted by Gasteiger charge is -2.38. The average Bonchev–Trinajstić information content (AvgIpc) is 3.08. The predicted octanol–water partition coefficient (Wildman–Crippen LogP) is 1.99. The van der Waals surface area contributed by atoms with Gasteiger partial charge in [0.2, 0.25) is 0 Å². The van der Waals surface area contributed by atoms with Crippen LogP contribution >= 0.6 is 0 Å². The predicted molar refractivity (Wildman–Crippen MR) is 108 cm³/mol. The van der Waals surface area contributed by atoms with Crippen molar-refractivity contribution in [3.8, 4) is 5.69 Å². The van der Waals surface area contributed by atoms with Gasteiger partial charge >= 0.3 is 11.7 Å². The Balaban J connectivity index is 1.67. The summed E-state index contributed by atoms with van der Waals surface area (Å²) in [6.07, 6.45) is 3.10. The van der Waals surface area contributed by atoms with Crippen molar-refractivity contribution in [1.29, 1.82) is 0 Å². The minimum atomic E-state index is -0.730. The highest BCUT2D eigenvalue weighted by Gasteiger charge is 2.28. The molecule has 28 heavy (non-hydrogen) atoms. The number of aromatic nitrogens is 3. The SMILES string of the molecule is CCCC(C(=O)O)N1CCN(c2ccc(-n3cnn(C(C)C)c3=O)cc2)CC1. The van der Waals surface area contributed by atoms with Crippen molar-refractivity contribution in [3.63, 3.8) is 0 Å². The molecule has 1 aromatic heterocycles.